The van der Waals surface area contributed by atoms with Crippen LogP contribution in [0.1, 0.15) is 69.1 Å². The molecule has 0 aromatic heterocycles. The van der Waals surface area contributed by atoms with Crippen molar-refractivity contribution in [3.63, 3.8) is 0 Å². The highest BCUT2D eigenvalue weighted by atomic mass is 32.2. The fourth-order valence-corrected chi connectivity index (χ4v) is 6.74. The minimum Gasteiger partial charge on any atom is -0.215 e. The van der Waals surface area contributed by atoms with E-state index in [-0.39, 0.29) is 11.6 Å². The maximum Gasteiger partial charge on any atom is 0.215 e. The zero-order chi connectivity index (χ0) is 26.3. The molecule has 1 aliphatic rings. The van der Waals surface area contributed by atoms with Crippen molar-refractivity contribution in [2.45, 2.75) is 69.8 Å². The Morgan fingerprint density at radius 2 is 1.42 bits per heavy atom. The maximum atomic E-state index is 13.0. The predicted octanol–water partition coefficient (Wildman–Crippen LogP) is 4.73. The second-order valence-corrected chi connectivity index (χ2v) is 14.4. The molecule has 1 unspecified atom stereocenters. The van der Waals surface area contributed by atoms with Crippen molar-refractivity contribution in [3.05, 3.63) is 71.0 Å². The lowest BCUT2D eigenvalue weighted by atomic mass is 9.74. The van der Waals surface area contributed by atoms with Crippen molar-refractivity contribution >= 4 is 20.0 Å². The van der Waals surface area contributed by atoms with Gasteiger partial charge in [-0.1, -0.05) is 43.3 Å². The molecule has 200 valence electrons. The van der Waals surface area contributed by atoms with Crippen LogP contribution < -0.4 is 9.44 Å². The molecule has 0 heterocycles. The van der Waals surface area contributed by atoms with E-state index in [0.717, 1.165) is 31.2 Å². The Labute approximate surface area is 216 Å². The average molecular weight is 539 g/mol. The second-order valence-electron chi connectivity index (χ2n) is 10.3. The van der Waals surface area contributed by atoms with E-state index >= 15 is 0 Å². The van der Waals surface area contributed by atoms with Crippen LogP contribution in [0.5, 0.6) is 0 Å². The second kappa shape index (κ2) is 12.6. The molecule has 1 fully saturated rings. The Morgan fingerprint density at radius 3 is 2.00 bits per heavy atom. The fourth-order valence-electron chi connectivity index (χ4n) is 4.76. The standard InChI is InChI=1S/C27H39FN2O4S2/c1-20(2)36(33,34)30-18-21(3)24-10-12-26(13-11-24)25-8-4-22(5-9-25)16-17-29-35(31,32)19-23-6-14-27(28)15-7-23/h4-9,14-15,20-21,24,26,29-30H,10-13,16-19H2,1-3H3. The van der Waals surface area contributed by atoms with Gasteiger partial charge in [-0.3, -0.25) is 0 Å². The van der Waals surface area contributed by atoms with E-state index in [1.807, 2.05) is 0 Å². The average Bonchev–Trinajstić information content (AvgIpc) is 2.84. The number of halogens is 1. The summed E-state index contributed by atoms with van der Waals surface area (Å²) < 4.78 is 67.0. The third-order valence-electron chi connectivity index (χ3n) is 7.26. The summed E-state index contributed by atoms with van der Waals surface area (Å²) in [4.78, 5) is 0. The van der Waals surface area contributed by atoms with Gasteiger partial charge in [0.2, 0.25) is 20.0 Å². The molecule has 9 heteroatoms. The smallest absolute Gasteiger partial charge is 0.215 e. The monoisotopic (exact) mass is 538 g/mol. The first-order chi connectivity index (χ1) is 16.9. The first kappa shape index (κ1) is 28.8. The third-order valence-corrected chi connectivity index (χ3v) is 10.4. The predicted molar refractivity (Wildman–Crippen MR) is 143 cm³/mol. The molecule has 0 saturated heterocycles. The lowest BCUT2D eigenvalue weighted by molar-refractivity contribution is 0.246. The van der Waals surface area contributed by atoms with Crippen LogP contribution in [-0.2, 0) is 32.2 Å². The van der Waals surface area contributed by atoms with Crippen molar-refractivity contribution in [1.29, 1.82) is 0 Å². The van der Waals surface area contributed by atoms with Crippen molar-refractivity contribution in [3.8, 4) is 0 Å². The molecule has 2 N–H and O–H groups in total. The maximum absolute atomic E-state index is 13.0. The number of hydrogen-bond donors (Lipinski definition) is 2. The third kappa shape index (κ3) is 8.64. The lowest BCUT2D eigenvalue weighted by Crippen LogP contribution is -2.36. The summed E-state index contributed by atoms with van der Waals surface area (Å²) in [6, 6.07) is 13.9. The molecule has 2 aromatic rings. The van der Waals surface area contributed by atoms with Crippen molar-refractivity contribution in [2.75, 3.05) is 13.1 Å². The van der Waals surface area contributed by atoms with Gasteiger partial charge in [0, 0.05) is 13.1 Å². The van der Waals surface area contributed by atoms with Gasteiger partial charge in [0.15, 0.2) is 0 Å². The Hall–Kier alpha value is -1.81. The summed E-state index contributed by atoms with van der Waals surface area (Å²) in [5.41, 5.74) is 2.93. The van der Waals surface area contributed by atoms with E-state index in [4.69, 9.17) is 0 Å². The Bertz CT molecular complexity index is 1170. The molecule has 0 bridgehead atoms. The molecule has 0 spiro atoms. The summed E-state index contributed by atoms with van der Waals surface area (Å²) in [5, 5.41) is -0.412. The zero-order valence-corrected chi connectivity index (χ0v) is 23.0. The van der Waals surface area contributed by atoms with E-state index in [1.54, 1.807) is 13.8 Å². The largest absolute Gasteiger partial charge is 0.215 e. The van der Waals surface area contributed by atoms with Crippen LogP contribution in [-0.4, -0.2) is 35.2 Å². The highest BCUT2D eigenvalue weighted by Gasteiger charge is 2.27. The molecular formula is C27H39FN2O4S2. The molecule has 2 aromatic carbocycles. The number of sulfonamides is 2. The van der Waals surface area contributed by atoms with E-state index < -0.39 is 25.3 Å². The molecular weight excluding hydrogens is 499 g/mol. The molecule has 36 heavy (non-hydrogen) atoms. The lowest BCUT2D eigenvalue weighted by Gasteiger charge is -2.32. The van der Waals surface area contributed by atoms with Gasteiger partial charge in [-0.05, 0) is 92.5 Å². The topological polar surface area (TPSA) is 92.3 Å². The summed E-state index contributed by atoms with van der Waals surface area (Å²) in [6.07, 6.45) is 4.96. The van der Waals surface area contributed by atoms with Crippen molar-refractivity contribution < 1.29 is 21.2 Å². The molecule has 0 amide bonds. The molecule has 1 aliphatic carbocycles. The Balaban J connectivity index is 1.42. The Kier molecular flexibility index (Phi) is 10.1. The van der Waals surface area contributed by atoms with Gasteiger partial charge in [0.1, 0.15) is 5.82 Å². The molecule has 6 nitrogen and oxygen atoms in total. The van der Waals surface area contributed by atoms with Crippen LogP contribution >= 0.6 is 0 Å². The Morgan fingerprint density at radius 1 is 0.833 bits per heavy atom. The van der Waals surface area contributed by atoms with Gasteiger partial charge >= 0.3 is 0 Å². The van der Waals surface area contributed by atoms with Crippen molar-refractivity contribution in [2.24, 2.45) is 11.8 Å². The van der Waals surface area contributed by atoms with E-state index in [9.17, 15) is 21.2 Å². The highest BCUT2D eigenvalue weighted by Crippen LogP contribution is 2.38. The van der Waals surface area contributed by atoms with Crippen LogP contribution in [0.15, 0.2) is 48.5 Å². The van der Waals surface area contributed by atoms with Crippen molar-refractivity contribution in [1.82, 2.24) is 9.44 Å². The van der Waals surface area contributed by atoms with Gasteiger partial charge < -0.3 is 0 Å². The van der Waals surface area contributed by atoms with E-state index in [1.165, 1.54) is 29.8 Å². The number of hydrogen-bond acceptors (Lipinski definition) is 4. The molecule has 1 saturated carbocycles. The highest BCUT2D eigenvalue weighted by molar-refractivity contribution is 7.90. The van der Waals surface area contributed by atoms with Gasteiger partial charge in [-0.2, -0.15) is 0 Å². The molecule has 0 radical (unpaired) electrons. The number of benzene rings is 2. The summed E-state index contributed by atoms with van der Waals surface area (Å²) in [5.74, 6) is 0.787. The van der Waals surface area contributed by atoms with Crippen LogP contribution in [0.2, 0.25) is 0 Å². The van der Waals surface area contributed by atoms with Crippen LogP contribution in [0.4, 0.5) is 4.39 Å². The first-order valence-electron chi connectivity index (χ1n) is 12.7. The van der Waals surface area contributed by atoms with Gasteiger partial charge in [-0.15, -0.1) is 0 Å². The molecule has 1 atom stereocenters. The number of rotatable bonds is 12. The quantitative estimate of drug-likeness (QED) is 0.409. The number of nitrogens with one attached hydrogen (secondary N) is 2. The fraction of sp³-hybridized carbons (Fsp3) is 0.556. The zero-order valence-electron chi connectivity index (χ0n) is 21.4. The van der Waals surface area contributed by atoms with Crippen LogP contribution in [0.3, 0.4) is 0 Å². The molecule has 0 aliphatic heterocycles. The van der Waals surface area contributed by atoms with Gasteiger partial charge in [0.25, 0.3) is 0 Å². The summed E-state index contributed by atoms with van der Waals surface area (Å²) >= 11 is 0. The van der Waals surface area contributed by atoms with E-state index in [2.05, 4.69) is 40.6 Å². The minimum absolute atomic E-state index is 0.170. The summed E-state index contributed by atoms with van der Waals surface area (Å²) in [6.45, 7) is 6.33. The normalized spacial score (nSPS) is 19.9. The van der Waals surface area contributed by atoms with E-state index in [0.29, 0.717) is 42.8 Å². The van der Waals surface area contributed by atoms with Crippen LogP contribution in [0, 0.1) is 17.7 Å². The van der Waals surface area contributed by atoms with Gasteiger partial charge in [-0.25, -0.2) is 30.7 Å². The SMILES string of the molecule is CC(CNS(=O)(=O)C(C)C)C1CCC(c2ccc(CCNS(=O)(=O)Cc3ccc(F)cc3)cc2)CC1. The minimum atomic E-state index is -3.48. The first-order valence-corrected chi connectivity index (χ1v) is 15.9. The molecule has 3 rings (SSSR count). The van der Waals surface area contributed by atoms with Crippen LogP contribution in [0.25, 0.3) is 0 Å². The van der Waals surface area contributed by atoms with Gasteiger partial charge in [0.05, 0.1) is 11.0 Å². The summed E-state index contributed by atoms with van der Waals surface area (Å²) in [7, 11) is -6.70.